The van der Waals surface area contributed by atoms with E-state index in [4.69, 9.17) is 4.74 Å². The Hall–Kier alpha value is -2.15. The molecule has 7 nitrogen and oxygen atoms in total. The Labute approximate surface area is 147 Å². The van der Waals surface area contributed by atoms with Crippen molar-refractivity contribution in [3.8, 4) is 0 Å². The third-order valence-corrected chi connectivity index (χ3v) is 5.37. The summed E-state index contributed by atoms with van der Waals surface area (Å²) in [5.41, 5.74) is 0.949. The van der Waals surface area contributed by atoms with Gasteiger partial charge in [-0.25, -0.2) is 9.97 Å². The first-order valence-corrected chi connectivity index (χ1v) is 9.11. The van der Waals surface area contributed by atoms with Crippen molar-refractivity contribution in [1.82, 2.24) is 19.9 Å². The Bertz CT molecular complexity index is 745. The topological polar surface area (TPSA) is 72.3 Å². The van der Waals surface area contributed by atoms with E-state index in [9.17, 15) is 4.79 Å². The molecule has 0 radical (unpaired) electrons. The number of amides is 1. The zero-order valence-electron chi connectivity index (χ0n) is 14.6. The van der Waals surface area contributed by atoms with Crippen LogP contribution in [0.5, 0.6) is 0 Å². The van der Waals surface area contributed by atoms with Crippen LogP contribution in [0.1, 0.15) is 25.7 Å². The first kappa shape index (κ1) is 16.3. The first-order chi connectivity index (χ1) is 12.2. The molecule has 0 aliphatic carbocycles. The summed E-state index contributed by atoms with van der Waals surface area (Å²) in [6, 6.07) is 2.35. The third kappa shape index (κ3) is 3.33. The fourth-order valence-electron chi connectivity index (χ4n) is 3.83. The number of aryl methyl sites for hydroxylation is 1. The van der Waals surface area contributed by atoms with E-state index >= 15 is 0 Å². The zero-order valence-corrected chi connectivity index (χ0v) is 14.6. The lowest BCUT2D eigenvalue weighted by Gasteiger charge is -2.33. The Kier molecular flexibility index (Phi) is 4.57. The summed E-state index contributed by atoms with van der Waals surface area (Å²) in [4.78, 5) is 23.7. The molecule has 4 heterocycles. The van der Waals surface area contributed by atoms with Gasteiger partial charge in [-0.3, -0.25) is 4.79 Å². The van der Waals surface area contributed by atoms with Gasteiger partial charge in [0.05, 0.1) is 5.39 Å². The van der Waals surface area contributed by atoms with Crippen molar-refractivity contribution < 1.29 is 9.53 Å². The summed E-state index contributed by atoms with van der Waals surface area (Å²) in [5.74, 6) is 1.29. The number of hydrogen-bond donors (Lipinski definition) is 1. The molecule has 25 heavy (non-hydrogen) atoms. The van der Waals surface area contributed by atoms with E-state index < -0.39 is 0 Å². The number of carbonyl (C=O) groups excluding carboxylic acids is 1. The highest BCUT2D eigenvalue weighted by Crippen LogP contribution is 2.28. The number of hydrogen-bond acceptors (Lipinski definition) is 5. The molecule has 134 valence electrons. The van der Waals surface area contributed by atoms with Crippen molar-refractivity contribution in [3.63, 3.8) is 0 Å². The molecule has 0 unspecified atom stereocenters. The number of rotatable bonds is 3. The second-order valence-corrected chi connectivity index (χ2v) is 7.02. The summed E-state index contributed by atoms with van der Waals surface area (Å²) in [6.07, 6.45) is 7.23. The Morgan fingerprint density at radius 3 is 2.72 bits per heavy atom. The highest BCUT2D eigenvalue weighted by atomic mass is 16.5. The fraction of sp³-hybridized carbons (Fsp3) is 0.611. The average molecular weight is 343 g/mol. The van der Waals surface area contributed by atoms with E-state index in [1.807, 2.05) is 17.8 Å². The molecule has 2 aromatic rings. The molecule has 2 aliphatic heterocycles. The van der Waals surface area contributed by atoms with Crippen LogP contribution in [0.15, 0.2) is 18.6 Å². The lowest BCUT2D eigenvalue weighted by molar-refractivity contribution is -0.126. The molecule has 0 aromatic carbocycles. The quantitative estimate of drug-likeness (QED) is 0.914. The second-order valence-electron chi connectivity index (χ2n) is 7.02. The number of carbonyl (C=O) groups is 1. The van der Waals surface area contributed by atoms with E-state index in [1.165, 1.54) is 0 Å². The maximum atomic E-state index is 12.5. The number of piperidine rings is 1. The standard InChI is InChI=1S/C18H25N5O2/c1-22-7-4-15-16(22)19-12-20-17(15)23-8-2-13(3-9-23)18(24)21-14-5-10-25-11-6-14/h4,7,12-14H,2-3,5-6,8-11H2,1H3,(H,21,24). The van der Waals surface area contributed by atoms with E-state index in [1.54, 1.807) is 6.33 Å². The van der Waals surface area contributed by atoms with Gasteiger partial charge in [0.15, 0.2) is 0 Å². The summed E-state index contributed by atoms with van der Waals surface area (Å²) in [6.45, 7) is 3.22. The monoisotopic (exact) mass is 343 g/mol. The Balaban J connectivity index is 1.38. The van der Waals surface area contributed by atoms with E-state index in [0.717, 1.165) is 68.8 Å². The maximum Gasteiger partial charge on any atom is 0.223 e. The minimum absolute atomic E-state index is 0.104. The minimum atomic E-state index is 0.104. The molecular formula is C18H25N5O2. The Morgan fingerprint density at radius 2 is 1.96 bits per heavy atom. The number of anilines is 1. The largest absolute Gasteiger partial charge is 0.381 e. The van der Waals surface area contributed by atoms with Gasteiger partial charge in [0.1, 0.15) is 17.8 Å². The highest BCUT2D eigenvalue weighted by Gasteiger charge is 2.28. The van der Waals surface area contributed by atoms with Crippen LogP contribution in [0.2, 0.25) is 0 Å². The molecule has 2 fully saturated rings. The van der Waals surface area contributed by atoms with Crippen LogP contribution in [0.3, 0.4) is 0 Å². The fourth-order valence-corrected chi connectivity index (χ4v) is 3.83. The molecular weight excluding hydrogens is 318 g/mol. The molecule has 2 saturated heterocycles. The second kappa shape index (κ2) is 7.00. The maximum absolute atomic E-state index is 12.5. The van der Waals surface area contributed by atoms with Gasteiger partial charge in [-0.15, -0.1) is 0 Å². The van der Waals surface area contributed by atoms with Gasteiger partial charge in [0.25, 0.3) is 0 Å². The van der Waals surface area contributed by atoms with Crippen LogP contribution in [0.4, 0.5) is 5.82 Å². The summed E-state index contributed by atoms with van der Waals surface area (Å²) < 4.78 is 7.36. The van der Waals surface area contributed by atoms with E-state index in [0.29, 0.717) is 0 Å². The van der Waals surface area contributed by atoms with Crippen LogP contribution in [0, 0.1) is 5.92 Å². The molecule has 4 rings (SSSR count). The zero-order chi connectivity index (χ0) is 17.2. The van der Waals surface area contributed by atoms with Crippen LogP contribution in [-0.4, -0.2) is 52.8 Å². The smallest absolute Gasteiger partial charge is 0.223 e. The summed E-state index contributed by atoms with van der Waals surface area (Å²) in [5, 5.41) is 4.29. The summed E-state index contributed by atoms with van der Waals surface area (Å²) in [7, 11) is 1.99. The van der Waals surface area contributed by atoms with Gasteiger partial charge < -0.3 is 19.5 Å². The van der Waals surface area contributed by atoms with Crippen molar-refractivity contribution in [2.75, 3.05) is 31.2 Å². The van der Waals surface area contributed by atoms with Gasteiger partial charge >= 0.3 is 0 Å². The van der Waals surface area contributed by atoms with Crippen molar-refractivity contribution in [2.45, 2.75) is 31.7 Å². The van der Waals surface area contributed by atoms with Crippen molar-refractivity contribution in [2.24, 2.45) is 13.0 Å². The molecule has 0 saturated carbocycles. The first-order valence-electron chi connectivity index (χ1n) is 9.11. The van der Waals surface area contributed by atoms with Gasteiger partial charge in [-0.1, -0.05) is 0 Å². The molecule has 2 aliphatic rings. The van der Waals surface area contributed by atoms with E-state index in [2.05, 4.69) is 26.3 Å². The normalized spacial score (nSPS) is 20.1. The van der Waals surface area contributed by atoms with Crippen LogP contribution in [0.25, 0.3) is 11.0 Å². The van der Waals surface area contributed by atoms with Crippen LogP contribution >= 0.6 is 0 Å². The van der Waals surface area contributed by atoms with Gasteiger partial charge in [-0.05, 0) is 31.7 Å². The highest BCUT2D eigenvalue weighted by molar-refractivity contribution is 5.88. The molecule has 7 heteroatoms. The predicted octanol–water partition coefficient (Wildman–Crippen LogP) is 1.48. The lowest BCUT2D eigenvalue weighted by atomic mass is 9.95. The Morgan fingerprint density at radius 1 is 1.20 bits per heavy atom. The minimum Gasteiger partial charge on any atom is -0.381 e. The van der Waals surface area contributed by atoms with Crippen molar-refractivity contribution >= 4 is 22.8 Å². The number of fused-ring (bicyclic) bond motifs is 1. The van der Waals surface area contributed by atoms with Crippen LogP contribution < -0.4 is 10.2 Å². The van der Waals surface area contributed by atoms with Crippen molar-refractivity contribution in [1.29, 1.82) is 0 Å². The molecule has 0 atom stereocenters. The number of nitrogens with zero attached hydrogens (tertiary/aromatic N) is 4. The molecule has 1 amide bonds. The van der Waals surface area contributed by atoms with Crippen molar-refractivity contribution in [3.05, 3.63) is 18.6 Å². The van der Waals surface area contributed by atoms with Gasteiger partial charge in [-0.2, -0.15) is 0 Å². The molecule has 2 aromatic heterocycles. The average Bonchev–Trinajstić information content (AvgIpc) is 3.04. The van der Waals surface area contributed by atoms with Gasteiger partial charge in [0, 0.05) is 51.5 Å². The summed E-state index contributed by atoms with van der Waals surface area (Å²) >= 11 is 0. The van der Waals surface area contributed by atoms with Crippen LogP contribution in [-0.2, 0) is 16.6 Å². The molecule has 0 spiro atoms. The predicted molar refractivity (Wildman–Crippen MR) is 95.4 cm³/mol. The van der Waals surface area contributed by atoms with E-state index in [-0.39, 0.29) is 17.9 Å². The molecule has 1 N–H and O–H groups in total. The molecule has 0 bridgehead atoms. The van der Waals surface area contributed by atoms with Gasteiger partial charge in [0.2, 0.25) is 5.91 Å². The lowest BCUT2D eigenvalue weighted by Crippen LogP contribution is -2.45. The number of ether oxygens (including phenoxy) is 1. The third-order valence-electron chi connectivity index (χ3n) is 5.37. The number of nitrogens with one attached hydrogen (secondary N) is 1. The SMILES string of the molecule is Cn1ccc2c(N3CCC(C(=O)NC4CCOCC4)CC3)ncnc21. The number of aromatic nitrogens is 3.